The lowest BCUT2D eigenvalue weighted by atomic mass is 10.2. The van der Waals surface area contributed by atoms with E-state index in [9.17, 15) is 4.79 Å². The summed E-state index contributed by atoms with van der Waals surface area (Å²) in [5.41, 5.74) is 3.04. The molecule has 0 saturated carbocycles. The summed E-state index contributed by atoms with van der Waals surface area (Å²) in [7, 11) is 0. The second-order valence-corrected chi connectivity index (χ2v) is 5.38. The van der Waals surface area contributed by atoms with Crippen molar-refractivity contribution in [3.8, 4) is 11.4 Å². The third-order valence-corrected chi connectivity index (χ3v) is 3.44. The smallest absolute Gasteiger partial charge is 0.338 e. The molecule has 3 aromatic rings. The van der Waals surface area contributed by atoms with Crippen molar-refractivity contribution >= 4 is 29.9 Å². The zero-order valence-electron chi connectivity index (χ0n) is 14.5. The number of ether oxygens (including phenoxy) is 1. The summed E-state index contributed by atoms with van der Waals surface area (Å²) in [6, 6.07) is 12.7. The standard InChI is InChI=1S/C19H18N4O2.ClH/c1-3-25-19(24)14-6-8-16(9-7-14)22-17-11-13(2)21-18(23-17)15-5-4-10-20-12-15;/h4-12H,3H2,1-2H3,(H,21,22,23);1H. The Morgan fingerprint density at radius 3 is 2.58 bits per heavy atom. The van der Waals surface area contributed by atoms with Crippen LogP contribution in [-0.2, 0) is 4.74 Å². The van der Waals surface area contributed by atoms with Crippen molar-refractivity contribution in [1.82, 2.24) is 15.0 Å². The van der Waals surface area contributed by atoms with Crippen molar-refractivity contribution in [1.29, 1.82) is 0 Å². The van der Waals surface area contributed by atoms with Crippen LogP contribution in [0, 0.1) is 6.92 Å². The molecule has 7 heteroatoms. The van der Waals surface area contributed by atoms with Gasteiger partial charge in [-0.1, -0.05) is 0 Å². The molecule has 0 bridgehead atoms. The third-order valence-electron chi connectivity index (χ3n) is 3.44. The lowest BCUT2D eigenvalue weighted by Gasteiger charge is -2.09. The van der Waals surface area contributed by atoms with Crippen LogP contribution in [0.2, 0.25) is 0 Å². The van der Waals surface area contributed by atoms with Crippen LogP contribution in [0.3, 0.4) is 0 Å². The van der Waals surface area contributed by atoms with Gasteiger partial charge in [0, 0.05) is 35.4 Å². The summed E-state index contributed by atoms with van der Waals surface area (Å²) in [5.74, 6) is 0.958. The van der Waals surface area contributed by atoms with E-state index in [0.717, 1.165) is 16.9 Å². The molecule has 0 unspecified atom stereocenters. The van der Waals surface area contributed by atoms with Crippen LogP contribution in [0.5, 0.6) is 0 Å². The third kappa shape index (κ3) is 4.77. The van der Waals surface area contributed by atoms with Crippen molar-refractivity contribution in [2.45, 2.75) is 13.8 Å². The molecule has 0 atom stereocenters. The van der Waals surface area contributed by atoms with Crippen LogP contribution in [-0.4, -0.2) is 27.5 Å². The number of hydrogen-bond acceptors (Lipinski definition) is 6. The van der Waals surface area contributed by atoms with Gasteiger partial charge in [-0.25, -0.2) is 14.8 Å². The first-order chi connectivity index (χ1) is 12.2. The molecule has 0 aliphatic heterocycles. The Kier molecular flexibility index (Phi) is 6.63. The number of aromatic nitrogens is 3. The van der Waals surface area contributed by atoms with Gasteiger partial charge in [-0.2, -0.15) is 0 Å². The van der Waals surface area contributed by atoms with Crippen molar-refractivity contribution in [2.75, 3.05) is 11.9 Å². The molecular formula is C19H19ClN4O2. The Balaban J connectivity index is 0.00000243. The lowest BCUT2D eigenvalue weighted by molar-refractivity contribution is 0.0526. The summed E-state index contributed by atoms with van der Waals surface area (Å²) < 4.78 is 4.98. The topological polar surface area (TPSA) is 77.0 Å². The number of pyridine rings is 1. The number of halogens is 1. The Morgan fingerprint density at radius 2 is 1.92 bits per heavy atom. The Morgan fingerprint density at radius 1 is 1.15 bits per heavy atom. The molecule has 0 aliphatic carbocycles. The summed E-state index contributed by atoms with van der Waals surface area (Å²) in [6.07, 6.45) is 3.44. The molecule has 2 aromatic heterocycles. The molecule has 1 aromatic carbocycles. The normalized spacial score (nSPS) is 9.92. The monoisotopic (exact) mass is 370 g/mol. The number of carbonyl (C=O) groups excluding carboxylic acids is 1. The van der Waals surface area contributed by atoms with E-state index in [1.54, 1.807) is 31.5 Å². The molecule has 0 fully saturated rings. The zero-order valence-corrected chi connectivity index (χ0v) is 15.3. The number of nitrogens with zero attached hydrogens (tertiary/aromatic N) is 3. The first-order valence-corrected chi connectivity index (χ1v) is 7.96. The van der Waals surface area contributed by atoms with Crippen LogP contribution in [0.25, 0.3) is 11.4 Å². The first-order valence-electron chi connectivity index (χ1n) is 7.96. The highest BCUT2D eigenvalue weighted by molar-refractivity contribution is 5.89. The van der Waals surface area contributed by atoms with Crippen molar-refractivity contribution in [3.63, 3.8) is 0 Å². The minimum atomic E-state index is -0.328. The summed E-state index contributed by atoms with van der Waals surface area (Å²) in [4.78, 5) is 24.8. The highest BCUT2D eigenvalue weighted by Gasteiger charge is 2.08. The lowest BCUT2D eigenvalue weighted by Crippen LogP contribution is -2.04. The van der Waals surface area contributed by atoms with E-state index in [4.69, 9.17) is 4.74 Å². The molecule has 26 heavy (non-hydrogen) atoms. The average Bonchev–Trinajstić information content (AvgIpc) is 2.63. The Bertz CT molecular complexity index is 870. The Hall–Kier alpha value is -2.99. The predicted molar refractivity (Wildman–Crippen MR) is 103 cm³/mol. The van der Waals surface area contributed by atoms with Gasteiger partial charge >= 0.3 is 5.97 Å². The van der Waals surface area contributed by atoms with Gasteiger partial charge in [-0.3, -0.25) is 4.98 Å². The van der Waals surface area contributed by atoms with Gasteiger partial charge in [0.25, 0.3) is 0 Å². The molecule has 3 rings (SSSR count). The van der Waals surface area contributed by atoms with E-state index < -0.39 is 0 Å². The molecule has 134 valence electrons. The largest absolute Gasteiger partial charge is 0.462 e. The van der Waals surface area contributed by atoms with Gasteiger partial charge < -0.3 is 10.1 Å². The number of hydrogen-bond donors (Lipinski definition) is 1. The fraction of sp³-hybridized carbons (Fsp3) is 0.158. The number of benzene rings is 1. The van der Waals surface area contributed by atoms with Crippen molar-refractivity contribution in [3.05, 3.63) is 66.1 Å². The second-order valence-electron chi connectivity index (χ2n) is 5.38. The minimum Gasteiger partial charge on any atom is -0.462 e. The maximum absolute atomic E-state index is 11.7. The van der Waals surface area contributed by atoms with E-state index >= 15 is 0 Å². The average molecular weight is 371 g/mol. The number of esters is 1. The predicted octanol–water partition coefficient (Wildman–Crippen LogP) is 4.19. The Labute approximate surface area is 158 Å². The quantitative estimate of drug-likeness (QED) is 0.678. The number of rotatable bonds is 5. The maximum atomic E-state index is 11.7. The van der Waals surface area contributed by atoms with E-state index in [1.165, 1.54) is 0 Å². The van der Waals surface area contributed by atoms with E-state index in [-0.39, 0.29) is 18.4 Å². The second kappa shape index (κ2) is 8.92. The molecule has 1 N–H and O–H groups in total. The highest BCUT2D eigenvalue weighted by atomic mass is 35.5. The van der Waals surface area contributed by atoms with E-state index in [2.05, 4.69) is 20.3 Å². The maximum Gasteiger partial charge on any atom is 0.338 e. The number of carbonyl (C=O) groups is 1. The minimum absolute atomic E-state index is 0. The van der Waals surface area contributed by atoms with Gasteiger partial charge in [0.1, 0.15) is 5.82 Å². The van der Waals surface area contributed by atoms with Crippen LogP contribution in [0.4, 0.5) is 11.5 Å². The number of anilines is 2. The van der Waals surface area contributed by atoms with E-state index in [1.807, 2.05) is 37.3 Å². The molecule has 0 aliphatic rings. The first kappa shape index (κ1) is 19.3. The van der Waals surface area contributed by atoms with Crippen LogP contribution in [0.15, 0.2) is 54.9 Å². The van der Waals surface area contributed by atoms with Gasteiger partial charge in [-0.15, -0.1) is 12.4 Å². The molecule has 0 radical (unpaired) electrons. The number of nitrogens with one attached hydrogen (secondary N) is 1. The molecule has 0 saturated heterocycles. The van der Waals surface area contributed by atoms with Crippen molar-refractivity contribution in [2.24, 2.45) is 0 Å². The fourth-order valence-electron chi connectivity index (χ4n) is 2.31. The van der Waals surface area contributed by atoms with Crippen LogP contribution >= 0.6 is 12.4 Å². The highest BCUT2D eigenvalue weighted by Crippen LogP contribution is 2.20. The fourth-order valence-corrected chi connectivity index (χ4v) is 2.31. The number of aryl methyl sites for hydroxylation is 1. The molecule has 6 nitrogen and oxygen atoms in total. The zero-order chi connectivity index (χ0) is 17.6. The molecule has 2 heterocycles. The van der Waals surface area contributed by atoms with Gasteiger partial charge in [0.2, 0.25) is 0 Å². The van der Waals surface area contributed by atoms with Crippen molar-refractivity contribution < 1.29 is 9.53 Å². The van der Waals surface area contributed by atoms with E-state index in [0.29, 0.717) is 23.8 Å². The van der Waals surface area contributed by atoms with Gasteiger partial charge in [-0.05, 0) is 50.2 Å². The summed E-state index contributed by atoms with van der Waals surface area (Å²) in [5, 5.41) is 3.23. The van der Waals surface area contributed by atoms with Crippen LogP contribution in [0.1, 0.15) is 23.0 Å². The SMILES string of the molecule is CCOC(=O)c1ccc(Nc2cc(C)nc(-c3cccnc3)n2)cc1.Cl. The molecular weight excluding hydrogens is 352 g/mol. The van der Waals surface area contributed by atoms with Gasteiger partial charge in [0.15, 0.2) is 5.82 Å². The summed E-state index contributed by atoms with van der Waals surface area (Å²) >= 11 is 0. The van der Waals surface area contributed by atoms with Gasteiger partial charge in [0.05, 0.1) is 12.2 Å². The summed E-state index contributed by atoms with van der Waals surface area (Å²) in [6.45, 7) is 4.05. The molecule has 0 amide bonds. The van der Waals surface area contributed by atoms with Crippen LogP contribution < -0.4 is 5.32 Å². The molecule has 0 spiro atoms.